The van der Waals surface area contributed by atoms with Crippen molar-refractivity contribution < 1.29 is 4.39 Å². The zero-order chi connectivity index (χ0) is 15.4. The van der Waals surface area contributed by atoms with E-state index in [0.717, 1.165) is 33.6 Å². The lowest BCUT2D eigenvalue weighted by Gasteiger charge is -2.18. The normalized spacial score (nSPS) is 12.6. The maximum Gasteiger partial charge on any atom is 0.174 e. The van der Waals surface area contributed by atoms with E-state index >= 15 is 0 Å². The van der Waals surface area contributed by atoms with E-state index in [-0.39, 0.29) is 11.9 Å². The van der Waals surface area contributed by atoms with E-state index < -0.39 is 0 Å². The molecule has 1 N–H and O–H groups in total. The molecule has 1 aromatic heterocycles. The quantitative estimate of drug-likeness (QED) is 0.848. The van der Waals surface area contributed by atoms with Crippen molar-refractivity contribution in [2.24, 2.45) is 0 Å². The molecule has 0 bridgehead atoms. The average molecular weight is 325 g/mol. The van der Waals surface area contributed by atoms with Crippen molar-refractivity contribution in [3.63, 3.8) is 0 Å². The Labute approximate surface area is 133 Å². The predicted molar refractivity (Wildman–Crippen MR) is 86.6 cm³/mol. The van der Waals surface area contributed by atoms with Gasteiger partial charge in [-0.1, -0.05) is 18.7 Å². The summed E-state index contributed by atoms with van der Waals surface area (Å²) < 4.78 is 19.0. The lowest BCUT2D eigenvalue weighted by Crippen LogP contribution is -2.20. The highest BCUT2D eigenvalue weighted by Crippen LogP contribution is 2.35. The Morgan fingerprint density at radius 2 is 2.14 bits per heavy atom. The molecule has 0 aliphatic heterocycles. The van der Waals surface area contributed by atoms with Crippen LogP contribution in [0.15, 0.2) is 21.4 Å². The minimum atomic E-state index is -0.159. The number of hydrogen-bond acceptors (Lipinski definition) is 5. The van der Waals surface area contributed by atoms with E-state index in [0.29, 0.717) is 5.56 Å². The van der Waals surface area contributed by atoms with Gasteiger partial charge in [0.1, 0.15) is 11.6 Å². The van der Waals surface area contributed by atoms with Crippen LogP contribution in [0.2, 0.25) is 0 Å². The highest BCUT2D eigenvalue weighted by Gasteiger charge is 2.15. The number of benzene rings is 1. The summed E-state index contributed by atoms with van der Waals surface area (Å²) >= 11 is 2.94. The zero-order valence-corrected chi connectivity index (χ0v) is 14.4. The van der Waals surface area contributed by atoms with Gasteiger partial charge in [-0.05, 0) is 68.5 Å². The molecule has 0 saturated carbocycles. The van der Waals surface area contributed by atoms with Crippen molar-refractivity contribution in [3.8, 4) is 0 Å². The lowest BCUT2D eigenvalue weighted by molar-refractivity contribution is 0.552. The van der Waals surface area contributed by atoms with Gasteiger partial charge >= 0.3 is 0 Å². The number of nitrogens with zero attached hydrogens (tertiary/aromatic N) is 2. The van der Waals surface area contributed by atoms with Gasteiger partial charge in [0.05, 0.1) is 0 Å². The number of aryl methyl sites for hydroxylation is 2. The summed E-state index contributed by atoms with van der Waals surface area (Å²) in [7, 11) is 0. The molecule has 1 unspecified atom stereocenters. The molecular formula is C15H20FN3S2. The smallest absolute Gasteiger partial charge is 0.174 e. The average Bonchev–Trinajstić information content (AvgIpc) is 2.85. The molecule has 6 heteroatoms. The van der Waals surface area contributed by atoms with Gasteiger partial charge in [-0.2, -0.15) is 4.37 Å². The Kier molecular flexibility index (Phi) is 5.72. The molecule has 1 heterocycles. The fourth-order valence-corrected chi connectivity index (χ4v) is 3.89. The van der Waals surface area contributed by atoms with E-state index in [9.17, 15) is 4.39 Å². The summed E-state index contributed by atoms with van der Waals surface area (Å²) in [5.41, 5.74) is 1.63. The first-order valence-corrected chi connectivity index (χ1v) is 8.61. The van der Waals surface area contributed by atoms with Crippen LogP contribution in [0.1, 0.15) is 43.3 Å². The predicted octanol–water partition coefficient (Wildman–Crippen LogP) is 4.51. The summed E-state index contributed by atoms with van der Waals surface area (Å²) in [6.07, 6.45) is 1.05. The molecular weight excluding hydrogens is 305 g/mol. The van der Waals surface area contributed by atoms with E-state index in [4.69, 9.17) is 0 Å². The molecule has 3 nitrogen and oxygen atoms in total. The first kappa shape index (κ1) is 16.4. The second-order valence-corrected chi connectivity index (χ2v) is 7.07. The Morgan fingerprint density at radius 1 is 1.38 bits per heavy atom. The molecule has 1 aromatic carbocycles. The standard InChI is InChI=1S/C15H20FN3S2/c1-5-6-17-10(3)12-8-13(16)9(2)7-14(12)20-15-18-11(4)19-21-15/h7-8,10,17H,5-6H2,1-4H3. The Morgan fingerprint density at radius 3 is 2.76 bits per heavy atom. The highest BCUT2D eigenvalue weighted by atomic mass is 32.2. The van der Waals surface area contributed by atoms with Crippen LogP contribution in [0.4, 0.5) is 4.39 Å². The van der Waals surface area contributed by atoms with E-state index in [2.05, 4.69) is 28.5 Å². The number of halogens is 1. The largest absolute Gasteiger partial charge is 0.310 e. The number of aromatic nitrogens is 2. The third-order valence-electron chi connectivity index (χ3n) is 3.16. The van der Waals surface area contributed by atoms with Gasteiger partial charge in [0.2, 0.25) is 0 Å². The van der Waals surface area contributed by atoms with Crippen LogP contribution < -0.4 is 5.32 Å². The van der Waals surface area contributed by atoms with Crippen molar-refractivity contribution >= 4 is 23.3 Å². The maximum absolute atomic E-state index is 13.9. The van der Waals surface area contributed by atoms with Gasteiger partial charge in [-0.15, -0.1) is 0 Å². The van der Waals surface area contributed by atoms with Crippen LogP contribution in [0, 0.1) is 19.7 Å². The molecule has 114 valence electrons. The molecule has 1 atom stereocenters. The Hall–Kier alpha value is -0.980. The molecule has 0 fully saturated rings. The van der Waals surface area contributed by atoms with Crippen molar-refractivity contribution in [2.75, 3.05) is 6.54 Å². The molecule has 0 saturated heterocycles. The molecule has 21 heavy (non-hydrogen) atoms. The van der Waals surface area contributed by atoms with E-state index in [1.807, 2.05) is 13.0 Å². The Balaban J connectivity index is 2.31. The van der Waals surface area contributed by atoms with Crippen LogP contribution in [-0.4, -0.2) is 15.9 Å². The van der Waals surface area contributed by atoms with E-state index in [1.165, 1.54) is 11.5 Å². The molecule has 0 spiro atoms. The fraction of sp³-hybridized carbons (Fsp3) is 0.467. The lowest BCUT2D eigenvalue weighted by atomic mass is 10.1. The van der Waals surface area contributed by atoms with E-state index in [1.54, 1.807) is 24.8 Å². The maximum atomic E-state index is 13.9. The molecule has 2 rings (SSSR count). The fourth-order valence-electron chi connectivity index (χ4n) is 1.98. The monoisotopic (exact) mass is 325 g/mol. The van der Waals surface area contributed by atoms with Crippen LogP contribution >= 0.6 is 23.3 Å². The second kappa shape index (κ2) is 7.33. The topological polar surface area (TPSA) is 37.8 Å². The molecule has 0 amide bonds. The molecule has 0 aliphatic carbocycles. The number of rotatable bonds is 6. The summed E-state index contributed by atoms with van der Waals surface area (Å²) in [6.45, 7) is 8.77. The Bertz CT molecular complexity index is 613. The van der Waals surface area contributed by atoms with Gasteiger partial charge in [0.25, 0.3) is 0 Å². The second-order valence-electron chi connectivity index (χ2n) is 5.02. The zero-order valence-electron chi connectivity index (χ0n) is 12.7. The SMILES string of the molecule is CCCNC(C)c1cc(F)c(C)cc1Sc1nc(C)ns1. The summed E-state index contributed by atoms with van der Waals surface area (Å²) in [4.78, 5) is 5.42. The third-order valence-corrected chi connectivity index (χ3v) is 5.08. The van der Waals surface area contributed by atoms with Crippen LogP contribution in [0.25, 0.3) is 0 Å². The summed E-state index contributed by atoms with van der Waals surface area (Å²) in [5.74, 6) is 0.619. The van der Waals surface area contributed by atoms with Crippen molar-refractivity contribution in [3.05, 3.63) is 34.9 Å². The highest BCUT2D eigenvalue weighted by molar-refractivity contribution is 8.01. The first-order chi connectivity index (χ1) is 10.0. The van der Waals surface area contributed by atoms with Gasteiger partial charge in [-0.25, -0.2) is 9.37 Å². The van der Waals surface area contributed by atoms with Gasteiger partial charge in [-0.3, -0.25) is 0 Å². The summed E-state index contributed by atoms with van der Waals surface area (Å²) in [5, 5.41) is 3.41. The van der Waals surface area contributed by atoms with Gasteiger partial charge in [0.15, 0.2) is 4.34 Å². The summed E-state index contributed by atoms with van der Waals surface area (Å²) in [6, 6.07) is 3.64. The van der Waals surface area contributed by atoms with Crippen LogP contribution in [0.3, 0.4) is 0 Å². The van der Waals surface area contributed by atoms with Crippen LogP contribution in [-0.2, 0) is 0 Å². The van der Waals surface area contributed by atoms with Crippen molar-refractivity contribution in [1.82, 2.24) is 14.7 Å². The third kappa shape index (κ3) is 4.25. The number of nitrogens with one attached hydrogen (secondary N) is 1. The molecule has 0 aliphatic rings. The van der Waals surface area contributed by atoms with Gasteiger partial charge < -0.3 is 5.32 Å². The molecule has 2 aromatic rings. The first-order valence-electron chi connectivity index (χ1n) is 7.02. The number of hydrogen-bond donors (Lipinski definition) is 1. The van der Waals surface area contributed by atoms with Crippen molar-refractivity contribution in [1.29, 1.82) is 0 Å². The minimum absolute atomic E-state index is 0.108. The van der Waals surface area contributed by atoms with Crippen molar-refractivity contribution in [2.45, 2.75) is 49.4 Å². The van der Waals surface area contributed by atoms with Gasteiger partial charge in [0, 0.05) is 10.9 Å². The van der Waals surface area contributed by atoms with Crippen LogP contribution in [0.5, 0.6) is 0 Å². The minimum Gasteiger partial charge on any atom is -0.310 e. The molecule has 0 radical (unpaired) electrons.